The van der Waals surface area contributed by atoms with Gasteiger partial charge in [0.05, 0.1) is 6.61 Å². The topological polar surface area (TPSA) is 41.5 Å². The minimum Gasteiger partial charge on any atom is -0.490 e. The minimum atomic E-state index is -0.168. The minimum absolute atomic E-state index is 0.168. The second-order valence-electron chi connectivity index (χ2n) is 6.25. The van der Waals surface area contributed by atoms with Crippen LogP contribution < -0.4 is 10.1 Å². The summed E-state index contributed by atoms with van der Waals surface area (Å²) < 4.78 is 6.15. The van der Waals surface area contributed by atoms with Crippen LogP contribution in [0.2, 0.25) is 0 Å². The average Bonchev–Trinajstić information content (AvgIpc) is 2.47. The fourth-order valence-electron chi connectivity index (χ4n) is 3.00. The summed E-state index contributed by atoms with van der Waals surface area (Å²) >= 11 is 0. The Balaban J connectivity index is 2.04. The molecule has 1 fully saturated rings. The summed E-state index contributed by atoms with van der Waals surface area (Å²) in [5, 5.41) is 12.9. The quantitative estimate of drug-likeness (QED) is 0.869. The first-order valence-corrected chi connectivity index (χ1v) is 7.65. The van der Waals surface area contributed by atoms with Crippen LogP contribution in [0, 0.1) is 0 Å². The molecule has 0 aromatic heterocycles. The number of likely N-dealkylation sites (N-methyl/N-ethyl adjacent to an activating group) is 1. The molecule has 3 heteroatoms. The maximum Gasteiger partial charge on any atom is 0.120 e. The molecule has 1 aliphatic rings. The number of hydrogen-bond acceptors (Lipinski definition) is 3. The van der Waals surface area contributed by atoms with Gasteiger partial charge in [-0.1, -0.05) is 26.0 Å². The number of hydrogen-bond donors (Lipinski definition) is 2. The Hall–Kier alpha value is -1.06. The molecular formula is C17H27NO2. The SMILES string of the molecule is CNC1(CO)CCCC(Oc2cccc(C(C)C)c2)C1. The molecule has 0 radical (unpaired) electrons. The standard InChI is InChI=1S/C17H27NO2/c1-13(2)14-6-4-7-15(10-14)20-16-8-5-9-17(11-16,12-19)18-3/h4,6-7,10,13,16,18-19H,5,8-9,11-12H2,1-3H3. The molecule has 0 amide bonds. The van der Waals surface area contributed by atoms with Crippen molar-refractivity contribution in [1.82, 2.24) is 5.32 Å². The van der Waals surface area contributed by atoms with E-state index in [-0.39, 0.29) is 18.2 Å². The van der Waals surface area contributed by atoms with Gasteiger partial charge in [0.25, 0.3) is 0 Å². The van der Waals surface area contributed by atoms with Crippen LogP contribution in [-0.4, -0.2) is 30.4 Å². The van der Waals surface area contributed by atoms with Crippen LogP contribution in [0.15, 0.2) is 24.3 Å². The zero-order valence-corrected chi connectivity index (χ0v) is 12.9. The molecule has 112 valence electrons. The number of nitrogens with one attached hydrogen (secondary N) is 1. The van der Waals surface area contributed by atoms with Crippen LogP contribution in [-0.2, 0) is 0 Å². The Bertz CT molecular complexity index is 427. The predicted molar refractivity (Wildman–Crippen MR) is 82.3 cm³/mol. The van der Waals surface area contributed by atoms with Crippen LogP contribution in [0.3, 0.4) is 0 Å². The van der Waals surface area contributed by atoms with Gasteiger partial charge in [0.1, 0.15) is 11.9 Å². The van der Waals surface area contributed by atoms with Gasteiger partial charge in [0.2, 0.25) is 0 Å². The highest BCUT2D eigenvalue weighted by atomic mass is 16.5. The summed E-state index contributed by atoms with van der Waals surface area (Å²) in [5.74, 6) is 1.46. The van der Waals surface area contributed by atoms with Crippen molar-refractivity contribution < 1.29 is 9.84 Å². The first kappa shape index (κ1) is 15.3. The summed E-state index contributed by atoms with van der Waals surface area (Å²) in [6, 6.07) is 8.37. The molecular weight excluding hydrogens is 250 g/mol. The fourth-order valence-corrected chi connectivity index (χ4v) is 3.00. The van der Waals surface area contributed by atoms with Crippen LogP contribution in [0.4, 0.5) is 0 Å². The molecule has 3 nitrogen and oxygen atoms in total. The lowest BCUT2D eigenvalue weighted by molar-refractivity contribution is 0.0554. The Morgan fingerprint density at radius 2 is 2.25 bits per heavy atom. The van der Waals surface area contributed by atoms with E-state index in [0.717, 1.165) is 31.4 Å². The first-order valence-electron chi connectivity index (χ1n) is 7.65. The molecule has 20 heavy (non-hydrogen) atoms. The van der Waals surface area contributed by atoms with E-state index in [1.807, 2.05) is 13.1 Å². The highest BCUT2D eigenvalue weighted by molar-refractivity contribution is 5.30. The van der Waals surface area contributed by atoms with E-state index < -0.39 is 0 Å². The summed E-state index contributed by atoms with van der Waals surface area (Å²) in [6.07, 6.45) is 4.23. The monoisotopic (exact) mass is 277 g/mol. The van der Waals surface area contributed by atoms with Gasteiger partial charge < -0.3 is 15.2 Å². The summed E-state index contributed by atoms with van der Waals surface area (Å²) in [6.45, 7) is 4.56. The van der Waals surface area contributed by atoms with Crippen molar-refractivity contribution in [2.24, 2.45) is 0 Å². The van der Waals surface area contributed by atoms with Gasteiger partial charge in [-0.3, -0.25) is 0 Å². The van der Waals surface area contributed by atoms with E-state index in [4.69, 9.17) is 4.74 Å². The molecule has 2 rings (SSSR count). The molecule has 0 heterocycles. The Morgan fingerprint density at radius 3 is 2.90 bits per heavy atom. The van der Waals surface area contributed by atoms with E-state index >= 15 is 0 Å². The Labute approximate surface area is 122 Å². The lowest BCUT2D eigenvalue weighted by Crippen LogP contribution is -2.52. The zero-order chi connectivity index (χ0) is 14.6. The van der Waals surface area contributed by atoms with Crippen molar-refractivity contribution >= 4 is 0 Å². The summed E-state index contributed by atoms with van der Waals surface area (Å²) in [4.78, 5) is 0. The Kier molecular flexibility index (Phi) is 5.06. The van der Waals surface area contributed by atoms with E-state index in [2.05, 4.69) is 37.4 Å². The molecule has 0 spiro atoms. The third-order valence-corrected chi connectivity index (χ3v) is 4.46. The highest BCUT2D eigenvalue weighted by Crippen LogP contribution is 2.31. The van der Waals surface area contributed by atoms with Crippen LogP contribution in [0.5, 0.6) is 5.75 Å². The molecule has 2 atom stereocenters. The lowest BCUT2D eigenvalue weighted by Gasteiger charge is -2.39. The van der Waals surface area contributed by atoms with Crippen molar-refractivity contribution in [1.29, 1.82) is 0 Å². The van der Waals surface area contributed by atoms with Crippen molar-refractivity contribution in [3.63, 3.8) is 0 Å². The number of aliphatic hydroxyl groups is 1. The molecule has 0 bridgehead atoms. The molecule has 0 aliphatic heterocycles. The number of ether oxygens (including phenoxy) is 1. The number of aliphatic hydroxyl groups excluding tert-OH is 1. The number of benzene rings is 1. The molecule has 2 N–H and O–H groups in total. The van der Waals surface area contributed by atoms with E-state index in [1.165, 1.54) is 5.56 Å². The zero-order valence-electron chi connectivity index (χ0n) is 12.9. The molecule has 1 aromatic rings. The predicted octanol–water partition coefficient (Wildman–Crippen LogP) is 3.08. The smallest absolute Gasteiger partial charge is 0.120 e. The van der Waals surface area contributed by atoms with Gasteiger partial charge in [-0.15, -0.1) is 0 Å². The van der Waals surface area contributed by atoms with Crippen molar-refractivity contribution in [3.05, 3.63) is 29.8 Å². The van der Waals surface area contributed by atoms with Gasteiger partial charge in [0, 0.05) is 12.0 Å². The van der Waals surface area contributed by atoms with Crippen LogP contribution >= 0.6 is 0 Å². The van der Waals surface area contributed by atoms with Crippen LogP contribution in [0.1, 0.15) is 51.0 Å². The van der Waals surface area contributed by atoms with E-state index in [9.17, 15) is 5.11 Å². The molecule has 1 aliphatic carbocycles. The van der Waals surface area contributed by atoms with Crippen molar-refractivity contribution in [2.45, 2.75) is 57.1 Å². The van der Waals surface area contributed by atoms with E-state index in [1.54, 1.807) is 0 Å². The fraction of sp³-hybridized carbons (Fsp3) is 0.647. The number of rotatable bonds is 5. The second-order valence-corrected chi connectivity index (χ2v) is 6.25. The lowest BCUT2D eigenvalue weighted by atomic mass is 9.80. The van der Waals surface area contributed by atoms with Crippen molar-refractivity contribution in [2.75, 3.05) is 13.7 Å². The first-order chi connectivity index (χ1) is 9.58. The van der Waals surface area contributed by atoms with Gasteiger partial charge in [0.15, 0.2) is 0 Å². The second kappa shape index (κ2) is 6.59. The third-order valence-electron chi connectivity index (χ3n) is 4.46. The van der Waals surface area contributed by atoms with Gasteiger partial charge in [-0.25, -0.2) is 0 Å². The maximum absolute atomic E-state index is 9.62. The van der Waals surface area contributed by atoms with Crippen LogP contribution in [0.25, 0.3) is 0 Å². The average molecular weight is 277 g/mol. The van der Waals surface area contributed by atoms with Crippen molar-refractivity contribution in [3.8, 4) is 5.75 Å². The summed E-state index contributed by atoms with van der Waals surface area (Å²) in [5.41, 5.74) is 1.14. The van der Waals surface area contributed by atoms with Gasteiger partial charge in [-0.2, -0.15) is 0 Å². The van der Waals surface area contributed by atoms with E-state index in [0.29, 0.717) is 5.92 Å². The molecule has 2 unspecified atom stereocenters. The van der Waals surface area contributed by atoms with Gasteiger partial charge >= 0.3 is 0 Å². The highest BCUT2D eigenvalue weighted by Gasteiger charge is 2.35. The summed E-state index contributed by atoms with van der Waals surface area (Å²) in [7, 11) is 1.93. The molecule has 0 saturated heterocycles. The molecule has 1 aromatic carbocycles. The molecule has 1 saturated carbocycles. The normalized spacial score (nSPS) is 26.8. The largest absolute Gasteiger partial charge is 0.490 e. The Morgan fingerprint density at radius 1 is 1.45 bits per heavy atom. The third kappa shape index (κ3) is 3.53. The van der Waals surface area contributed by atoms with Gasteiger partial charge in [-0.05, 0) is 49.9 Å². The maximum atomic E-state index is 9.62.